The molecule has 105 heavy (non-hydrogen) atoms. The maximum absolute atomic E-state index is 14.0. The first-order chi connectivity index (χ1) is 50.2. The molecule has 13 rings (SSSR count). The number of carboxylic acids is 2. The third-order valence-corrected chi connectivity index (χ3v) is 14.8. The molecule has 0 radical (unpaired) electrons. The van der Waals surface area contributed by atoms with E-state index in [1.807, 2.05) is 0 Å². The van der Waals surface area contributed by atoms with Gasteiger partial charge >= 0.3 is 23.9 Å². The topological polar surface area (TPSA) is 523 Å². The van der Waals surface area contributed by atoms with Crippen LogP contribution in [0.3, 0.4) is 0 Å². The van der Waals surface area contributed by atoms with E-state index in [4.69, 9.17) is 64.8 Å². The van der Waals surface area contributed by atoms with E-state index in [0.717, 1.165) is 71.1 Å². The Morgan fingerprint density at radius 2 is 1.11 bits per heavy atom. The molecular weight excluding hydrogens is 1430 g/mol. The summed E-state index contributed by atoms with van der Waals surface area (Å²) in [5, 5.41) is 67.9. The Bertz CT molecular complexity index is 5890. The molecule has 0 atom stereocenters. The fourth-order valence-corrected chi connectivity index (χ4v) is 9.44. The number of imidazole rings is 1. The second-order valence-electron chi connectivity index (χ2n) is 20.5. The number of benzene rings is 4. The average Bonchev–Trinajstić information content (AvgIpc) is 1.73. The van der Waals surface area contributed by atoms with Crippen molar-refractivity contribution in [2.45, 2.75) is 0 Å². The lowest BCUT2D eigenvalue weighted by Gasteiger charge is -2.11. The zero-order valence-electron chi connectivity index (χ0n) is 52.8. The number of carboxylic acid groups (broad SMARTS) is 2. The molecule has 0 fully saturated rings. The first-order valence-corrected chi connectivity index (χ1v) is 29.4. The molecule has 13 aromatic rings. The van der Waals surface area contributed by atoms with Gasteiger partial charge in [-0.15, -0.1) is 59.1 Å². The number of carbonyl (C=O) groups excluding carboxylic acids is 6. The maximum atomic E-state index is 14.0. The number of anilines is 7. The first kappa shape index (κ1) is 72.2. The Kier molecular flexibility index (Phi) is 21.1. The molecule has 9 aromatic heterocycles. The SMILES string of the molecule is C#Cc1cc(NC(=O)c2cc(N)n3cnnc3n2)c(C(=O)O)cc1F.C#Cc1cc(NC(=O)c2cc(N)nn3nnnc23)c(C(=O)OC)cc1F.C#Cc1cc(NC(=O)c2ccn3c(-c4cn[nH]c4)cnc3n2)c(C(=O)OC)cc1F.Nc1cc(C(=O)Nc2cc(Cl)c(Cl)cc2C(=O)O)nn2nncc12. The van der Waals surface area contributed by atoms with E-state index in [-0.39, 0.29) is 123 Å². The highest BCUT2D eigenvalue weighted by molar-refractivity contribution is 6.42. The van der Waals surface area contributed by atoms with Crippen LogP contribution in [-0.4, -0.2) is 161 Å². The summed E-state index contributed by atoms with van der Waals surface area (Å²) in [6, 6.07) is 13.6. The summed E-state index contributed by atoms with van der Waals surface area (Å²) < 4.78 is 55.9. The molecule has 37 nitrogen and oxygen atoms in total. The van der Waals surface area contributed by atoms with Crippen LogP contribution in [0.2, 0.25) is 10.0 Å². The number of terminal acetylenes is 3. The number of hydrogen-bond acceptors (Lipinski definition) is 26. The predicted octanol–water partition coefficient (Wildman–Crippen LogP) is 5.28. The molecule has 0 aliphatic heterocycles. The minimum atomic E-state index is -1.43. The smallest absolute Gasteiger partial charge is 0.340 e. The number of hydrogen-bond donors (Lipinski definition) is 10. The number of amides is 4. The van der Waals surface area contributed by atoms with E-state index in [2.05, 4.69) is 120 Å². The lowest BCUT2D eigenvalue weighted by Crippen LogP contribution is -2.18. The Balaban J connectivity index is 0.000000151. The molecule has 4 aromatic carbocycles. The zero-order valence-corrected chi connectivity index (χ0v) is 54.3. The number of halogens is 5. The number of rotatable bonds is 13. The van der Waals surface area contributed by atoms with Crippen LogP contribution >= 0.6 is 23.2 Å². The summed E-state index contributed by atoms with van der Waals surface area (Å²) in [4.78, 5) is 109. The van der Waals surface area contributed by atoms with Gasteiger partial charge < -0.3 is 58.2 Å². The summed E-state index contributed by atoms with van der Waals surface area (Å²) >= 11 is 11.7. The fraction of sp³-hybridized carbons (Fsp3) is 0.0317. The van der Waals surface area contributed by atoms with Gasteiger partial charge in [-0.2, -0.15) is 5.10 Å². The lowest BCUT2D eigenvalue weighted by atomic mass is 10.1. The van der Waals surface area contributed by atoms with Gasteiger partial charge in [0.15, 0.2) is 5.69 Å². The van der Waals surface area contributed by atoms with Gasteiger partial charge in [0.05, 0.1) is 121 Å². The molecule has 0 bridgehead atoms. The highest BCUT2D eigenvalue weighted by atomic mass is 35.5. The van der Waals surface area contributed by atoms with Crippen molar-refractivity contribution in [2.75, 3.05) is 52.7 Å². The molecule has 0 unspecified atom stereocenters. The average molecular weight is 1470 g/mol. The van der Waals surface area contributed by atoms with Crippen LogP contribution in [0.1, 0.15) is 99.9 Å². The van der Waals surface area contributed by atoms with Crippen molar-refractivity contribution in [1.82, 2.24) is 89.4 Å². The number of nitrogens with zero attached hydrogens (tertiary/aromatic N) is 17. The Morgan fingerprint density at radius 3 is 1.70 bits per heavy atom. The van der Waals surface area contributed by atoms with E-state index in [9.17, 15) is 56.6 Å². The van der Waals surface area contributed by atoms with E-state index in [1.54, 1.807) is 29.2 Å². The van der Waals surface area contributed by atoms with Gasteiger partial charge in [0.2, 0.25) is 11.4 Å². The van der Waals surface area contributed by atoms with E-state index < -0.39 is 70.5 Å². The zero-order chi connectivity index (χ0) is 75.7. The number of nitrogen functional groups attached to an aromatic ring is 3. The van der Waals surface area contributed by atoms with E-state index in [0.29, 0.717) is 5.52 Å². The van der Waals surface area contributed by atoms with Crippen molar-refractivity contribution in [3.8, 4) is 48.3 Å². The number of aromatic carboxylic acids is 2. The van der Waals surface area contributed by atoms with Crippen LogP contribution in [0.15, 0.2) is 110 Å². The number of nitrogens with two attached hydrogens (primary N) is 3. The monoisotopic (exact) mass is 1470 g/mol. The molecule has 0 aliphatic rings. The fourth-order valence-electron chi connectivity index (χ4n) is 9.11. The standard InChI is InChI=1S/C20H13FN6O3.C15H10FN7O3.C15H9FN6O3.C13H8Cl2N6O3/c1-3-11-6-16(13(7-14(11)21)19(29)30-2)25-18(28)15-4-5-27-17(10-22-20(27)26-15)12-8-23-24-9-12;1-3-7-4-11(8(5-10(7)16)15(25)26-2)18-14(24)9-6-12(17)20-23-13(9)19-21-22-23;1-2-7-3-10(8(14(24)25)4-9(7)16)19-13(23)11-5-12(17)22-6-18-21-15(22)20-11;14-6-1-5(13(23)24)9(2-7(6)15)18-12(22)10-3-8(16)11-4-17-20-21(11)19-10/h1,4-10H,2H3,(H,23,24)(H,25,28);1,4-6H,2H3,(H2,17,20)(H,18,24);1,3-6H,17H2,(H,19,23)(H,24,25);1-4H,16H2,(H,18,22)(H,23,24). The van der Waals surface area contributed by atoms with Crippen LogP contribution < -0.4 is 38.5 Å². The number of esters is 2. The van der Waals surface area contributed by atoms with Gasteiger partial charge in [-0.3, -0.25) is 33.1 Å². The van der Waals surface area contributed by atoms with Crippen molar-refractivity contribution in [3.05, 3.63) is 199 Å². The molecule has 524 valence electrons. The number of nitrogens with one attached hydrogen (secondary N) is 5. The number of tetrazole rings is 1. The van der Waals surface area contributed by atoms with Gasteiger partial charge in [0.1, 0.15) is 52.3 Å². The van der Waals surface area contributed by atoms with Gasteiger partial charge in [-0.25, -0.2) is 47.3 Å². The molecule has 0 saturated heterocycles. The molecule has 0 aliphatic carbocycles. The molecule has 9 heterocycles. The summed E-state index contributed by atoms with van der Waals surface area (Å²) in [5.74, 6) is -2.79. The first-order valence-electron chi connectivity index (χ1n) is 28.6. The Morgan fingerprint density at radius 1 is 0.571 bits per heavy atom. The molecule has 0 saturated carbocycles. The largest absolute Gasteiger partial charge is 0.478 e. The highest BCUT2D eigenvalue weighted by Gasteiger charge is 2.25. The van der Waals surface area contributed by atoms with Crippen molar-refractivity contribution < 1.29 is 71.2 Å². The van der Waals surface area contributed by atoms with Crippen molar-refractivity contribution >= 4 is 133 Å². The van der Waals surface area contributed by atoms with Gasteiger partial charge in [-0.1, -0.05) is 41.0 Å². The normalized spacial score (nSPS) is 10.5. The van der Waals surface area contributed by atoms with Crippen molar-refractivity contribution in [1.29, 1.82) is 0 Å². The van der Waals surface area contributed by atoms with Crippen LogP contribution in [0.25, 0.3) is 34.0 Å². The van der Waals surface area contributed by atoms with Crippen LogP contribution in [0.5, 0.6) is 0 Å². The second-order valence-corrected chi connectivity index (χ2v) is 21.4. The van der Waals surface area contributed by atoms with Crippen LogP contribution in [-0.2, 0) is 9.47 Å². The minimum Gasteiger partial charge on any atom is -0.478 e. The third-order valence-electron chi connectivity index (χ3n) is 14.1. The minimum absolute atomic E-state index is 0.00491. The van der Waals surface area contributed by atoms with Crippen LogP contribution in [0, 0.1) is 54.5 Å². The van der Waals surface area contributed by atoms with Gasteiger partial charge in [0.25, 0.3) is 29.4 Å². The quantitative estimate of drug-likeness (QED) is 0.0518. The number of aromatic amines is 1. The summed E-state index contributed by atoms with van der Waals surface area (Å²) in [7, 11) is 2.27. The number of methoxy groups -OCH3 is 2. The maximum Gasteiger partial charge on any atom is 0.340 e. The molecule has 4 amide bonds. The summed E-state index contributed by atoms with van der Waals surface area (Å²) in [6.45, 7) is 0. The highest BCUT2D eigenvalue weighted by Crippen LogP contribution is 2.31. The Labute approximate surface area is 591 Å². The molecule has 13 N–H and O–H groups in total. The molecule has 0 spiro atoms. The van der Waals surface area contributed by atoms with Crippen molar-refractivity contribution in [2.24, 2.45) is 0 Å². The number of H-pyrrole nitrogens is 1. The molecule has 42 heteroatoms. The van der Waals surface area contributed by atoms with Crippen molar-refractivity contribution in [3.63, 3.8) is 0 Å². The van der Waals surface area contributed by atoms with E-state index >= 15 is 0 Å². The number of fused-ring (bicyclic) bond motifs is 4. The number of carbonyl (C=O) groups is 8. The number of aromatic nitrogens is 18. The predicted molar refractivity (Wildman–Crippen MR) is 362 cm³/mol. The number of ether oxygens (including phenoxy) is 2. The lowest BCUT2D eigenvalue weighted by molar-refractivity contribution is 0.0592. The summed E-state index contributed by atoms with van der Waals surface area (Å²) in [6.07, 6.45) is 24.9. The Hall–Kier alpha value is -15.5. The van der Waals surface area contributed by atoms with Gasteiger partial charge in [-0.05, 0) is 82.4 Å². The third kappa shape index (κ3) is 15.7. The summed E-state index contributed by atoms with van der Waals surface area (Å²) in [5.41, 5.74) is 17.5. The second kappa shape index (κ2) is 30.7. The molecular formula is C63H40Cl2F3N25O12. The van der Waals surface area contributed by atoms with Crippen LogP contribution in [0.4, 0.5) is 53.2 Å². The van der Waals surface area contributed by atoms with Gasteiger partial charge in [0, 0.05) is 24.0 Å². The van der Waals surface area contributed by atoms with E-state index in [1.165, 1.54) is 53.3 Å².